The molecule has 0 saturated heterocycles. The Morgan fingerprint density at radius 2 is 1.75 bits per heavy atom. The molecule has 0 bridgehead atoms. The number of rotatable bonds is 5. The van der Waals surface area contributed by atoms with E-state index in [1.807, 2.05) is 60.9 Å². The van der Waals surface area contributed by atoms with Gasteiger partial charge in [0.1, 0.15) is 5.75 Å². The van der Waals surface area contributed by atoms with Crippen LogP contribution in [0.4, 0.5) is 0 Å². The van der Waals surface area contributed by atoms with Gasteiger partial charge >= 0.3 is 0 Å². The number of hydrogen-bond donors (Lipinski definition) is 1. The maximum atomic E-state index is 12.4. The third kappa shape index (κ3) is 3.45. The fourth-order valence-corrected chi connectivity index (χ4v) is 3.61. The van der Waals surface area contributed by atoms with Gasteiger partial charge in [-0.1, -0.05) is 24.3 Å². The van der Waals surface area contributed by atoms with Crippen LogP contribution in [-0.2, 0) is 7.05 Å². The summed E-state index contributed by atoms with van der Waals surface area (Å²) in [5.41, 5.74) is 5.06. The van der Waals surface area contributed by atoms with Gasteiger partial charge in [0, 0.05) is 42.2 Å². The van der Waals surface area contributed by atoms with Gasteiger partial charge in [0.25, 0.3) is 5.56 Å². The van der Waals surface area contributed by atoms with Crippen LogP contribution in [0, 0.1) is 0 Å². The number of benzene rings is 2. The molecule has 9 heteroatoms. The Morgan fingerprint density at radius 3 is 2.50 bits per heavy atom. The van der Waals surface area contributed by atoms with Crippen LogP contribution in [0.2, 0.25) is 0 Å². The molecule has 5 rings (SSSR count). The van der Waals surface area contributed by atoms with E-state index < -0.39 is 0 Å². The first-order valence-electron chi connectivity index (χ1n) is 9.87. The van der Waals surface area contributed by atoms with Gasteiger partial charge in [0.15, 0.2) is 5.82 Å². The number of para-hydroxylation sites is 1. The van der Waals surface area contributed by atoms with E-state index in [1.54, 1.807) is 35.7 Å². The molecular formula is C23H19N7O2. The van der Waals surface area contributed by atoms with E-state index in [2.05, 4.69) is 25.7 Å². The lowest BCUT2D eigenvalue weighted by molar-refractivity contribution is 0.415. The van der Waals surface area contributed by atoms with Gasteiger partial charge < -0.3 is 9.30 Å². The first-order valence-corrected chi connectivity index (χ1v) is 9.87. The summed E-state index contributed by atoms with van der Waals surface area (Å²) in [7, 11) is 3.36. The van der Waals surface area contributed by atoms with Crippen LogP contribution in [0.25, 0.3) is 39.3 Å². The van der Waals surface area contributed by atoms with E-state index in [4.69, 9.17) is 4.74 Å². The van der Waals surface area contributed by atoms with Crippen molar-refractivity contribution in [3.05, 3.63) is 83.5 Å². The standard InChI is InChI=1S/C23H19N7O2/c1-29-14-20(19(11-22(29)31)15-7-9-17(32-2)10-8-15)16-12-24-30(13-16)21-6-4-3-5-18(21)23-25-27-28-26-23/h3-14H,1-2H3,(H,25,26,27,28). The molecule has 0 fully saturated rings. The molecule has 0 aliphatic carbocycles. The molecule has 32 heavy (non-hydrogen) atoms. The number of aromatic nitrogens is 7. The second-order valence-corrected chi connectivity index (χ2v) is 7.22. The van der Waals surface area contributed by atoms with Crippen molar-refractivity contribution in [2.45, 2.75) is 0 Å². The Hall–Kier alpha value is -4.53. The summed E-state index contributed by atoms with van der Waals surface area (Å²) in [6.45, 7) is 0. The SMILES string of the molecule is COc1ccc(-c2cc(=O)n(C)cc2-c2cnn(-c3ccccc3-c3nnn[nH]3)c2)cc1. The molecule has 0 aliphatic heterocycles. The zero-order valence-corrected chi connectivity index (χ0v) is 17.4. The van der Waals surface area contributed by atoms with Crippen LogP contribution in [0.5, 0.6) is 5.75 Å². The summed E-state index contributed by atoms with van der Waals surface area (Å²) >= 11 is 0. The quantitative estimate of drug-likeness (QED) is 0.464. The fraction of sp³-hybridized carbons (Fsp3) is 0.0870. The average molecular weight is 425 g/mol. The number of methoxy groups -OCH3 is 1. The normalized spacial score (nSPS) is 10.9. The van der Waals surface area contributed by atoms with Crippen LogP contribution >= 0.6 is 0 Å². The van der Waals surface area contributed by atoms with Gasteiger partial charge in [-0.3, -0.25) is 4.79 Å². The van der Waals surface area contributed by atoms with Crippen LogP contribution < -0.4 is 10.3 Å². The number of H-pyrrole nitrogens is 1. The molecule has 0 radical (unpaired) electrons. The lowest BCUT2D eigenvalue weighted by Gasteiger charge is -2.11. The summed E-state index contributed by atoms with van der Waals surface area (Å²) in [6.07, 6.45) is 5.53. The minimum Gasteiger partial charge on any atom is -0.497 e. The Bertz CT molecular complexity index is 1430. The molecule has 0 aliphatic rings. The van der Waals surface area contributed by atoms with E-state index in [-0.39, 0.29) is 5.56 Å². The van der Waals surface area contributed by atoms with Crippen molar-refractivity contribution >= 4 is 0 Å². The number of pyridine rings is 1. The summed E-state index contributed by atoms with van der Waals surface area (Å²) in [5.74, 6) is 1.31. The summed E-state index contributed by atoms with van der Waals surface area (Å²) in [5, 5.41) is 18.7. The van der Waals surface area contributed by atoms with Gasteiger partial charge in [0.05, 0.1) is 19.0 Å². The van der Waals surface area contributed by atoms with Crippen molar-refractivity contribution in [1.29, 1.82) is 0 Å². The van der Waals surface area contributed by atoms with Crippen molar-refractivity contribution in [1.82, 2.24) is 35.0 Å². The van der Waals surface area contributed by atoms with Crippen LogP contribution in [0.1, 0.15) is 0 Å². The van der Waals surface area contributed by atoms with Gasteiger partial charge in [-0.15, -0.1) is 5.10 Å². The molecule has 1 N–H and O–H groups in total. The number of ether oxygens (including phenoxy) is 1. The van der Waals surface area contributed by atoms with E-state index in [1.165, 1.54) is 0 Å². The Balaban J connectivity index is 1.62. The Kier molecular flexibility index (Phi) is 4.83. The number of nitrogens with one attached hydrogen (secondary N) is 1. The van der Waals surface area contributed by atoms with Crippen molar-refractivity contribution in [3.8, 4) is 45.1 Å². The summed E-state index contributed by atoms with van der Waals surface area (Å²) in [4.78, 5) is 12.4. The highest BCUT2D eigenvalue weighted by atomic mass is 16.5. The van der Waals surface area contributed by atoms with Crippen LogP contribution in [-0.4, -0.2) is 42.1 Å². The van der Waals surface area contributed by atoms with Crippen LogP contribution in [0.3, 0.4) is 0 Å². The number of tetrazole rings is 1. The molecule has 0 spiro atoms. The monoisotopic (exact) mass is 425 g/mol. The largest absolute Gasteiger partial charge is 0.497 e. The van der Waals surface area contributed by atoms with Gasteiger partial charge in [-0.05, 0) is 45.8 Å². The third-order valence-corrected chi connectivity index (χ3v) is 5.27. The predicted molar refractivity (Wildman–Crippen MR) is 119 cm³/mol. The van der Waals surface area contributed by atoms with Gasteiger partial charge in [0.2, 0.25) is 0 Å². The molecule has 0 saturated carbocycles. The molecule has 5 aromatic rings. The number of aromatic amines is 1. The lowest BCUT2D eigenvalue weighted by Crippen LogP contribution is -2.15. The lowest BCUT2D eigenvalue weighted by atomic mass is 9.98. The number of hydrogen-bond acceptors (Lipinski definition) is 6. The maximum absolute atomic E-state index is 12.4. The molecule has 0 atom stereocenters. The highest BCUT2D eigenvalue weighted by Crippen LogP contribution is 2.32. The molecular weight excluding hydrogens is 406 g/mol. The van der Waals surface area contributed by atoms with Crippen molar-refractivity contribution < 1.29 is 4.74 Å². The first-order chi connectivity index (χ1) is 15.6. The molecule has 0 amide bonds. The second kappa shape index (κ2) is 7.95. The highest BCUT2D eigenvalue weighted by molar-refractivity contribution is 5.82. The van der Waals surface area contributed by atoms with Crippen molar-refractivity contribution in [3.63, 3.8) is 0 Å². The maximum Gasteiger partial charge on any atom is 0.250 e. The fourth-order valence-electron chi connectivity index (χ4n) is 3.61. The third-order valence-electron chi connectivity index (χ3n) is 5.27. The summed E-state index contributed by atoms with van der Waals surface area (Å²) < 4.78 is 8.60. The zero-order valence-electron chi connectivity index (χ0n) is 17.4. The number of aryl methyl sites for hydroxylation is 1. The molecule has 3 heterocycles. The van der Waals surface area contributed by atoms with Gasteiger partial charge in [-0.25, -0.2) is 9.78 Å². The molecule has 2 aromatic carbocycles. The number of nitrogens with zero attached hydrogens (tertiary/aromatic N) is 6. The van der Waals surface area contributed by atoms with Crippen molar-refractivity contribution in [2.75, 3.05) is 7.11 Å². The smallest absolute Gasteiger partial charge is 0.250 e. The second-order valence-electron chi connectivity index (χ2n) is 7.22. The molecule has 0 unspecified atom stereocenters. The van der Waals surface area contributed by atoms with Gasteiger partial charge in [-0.2, -0.15) is 5.10 Å². The molecule has 9 nitrogen and oxygen atoms in total. The van der Waals surface area contributed by atoms with E-state index in [9.17, 15) is 4.79 Å². The van der Waals surface area contributed by atoms with Crippen molar-refractivity contribution in [2.24, 2.45) is 7.05 Å². The van der Waals surface area contributed by atoms with Crippen LogP contribution in [0.15, 0.2) is 78.0 Å². The Morgan fingerprint density at radius 1 is 0.938 bits per heavy atom. The zero-order chi connectivity index (χ0) is 22.1. The predicted octanol–water partition coefficient (Wildman–Crippen LogP) is 3.09. The average Bonchev–Trinajstić information content (AvgIpc) is 3.53. The highest BCUT2D eigenvalue weighted by Gasteiger charge is 2.15. The molecule has 3 aromatic heterocycles. The van der Waals surface area contributed by atoms with E-state index in [0.717, 1.165) is 39.3 Å². The van der Waals surface area contributed by atoms with E-state index >= 15 is 0 Å². The molecule has 158 valence electrons. The first kappa shape index (κ1) is 19.4. The Labute approximate surface area is 182 Å². The van der Waals surface area contributed by atoms with E-state index in [0.29, 0.717) is 5.82 Å². The minimum absolute atomic E-state index is 0.0878. The summed E-state index contributed by atoms with van der Waals surface area (Å²) in [6, 6.07) is 17.0. The minimum atomic E-state index is -0.0878. The topological polar surface area (TPSA) is 104 Å².